The summed E-state index contributed by atoms with van der Waals surface area (Å²) in [6.45, 7) is 6.21. The number of amides is 1. The molecule has 2 rings (SSSR count). The van der Waals surface area contributed by atoms with E-state index in [-0.39, 0.29) is 12.0 Å². The molecule has 0 aliphatic carbocycles. The fraction of sp³-hybridized carbons (Fsp3) is 0.714. The zero-order valence-electron chi connectivity index (χ0n) is 12.3. The summed E-state index contributed by atoms with van der Waals surface area (Å²) >= 11 is 0. The molecular weight excluding hydrogens is 262 g/mol. The topological polar surface area (TPSA) is 65.1 Å². The maximum Gasteiger partial charge on any atom is 0.411 e. The molecule has 1 unspecified atom stereocenters. The number of methoxy groups -OCH3 is 1. The molecule has 0 aromatic rings. The van der Waals surface area contributed by atoms with Crippen LogP contribution in [-0.4, -0.2) is 55.0 Å². The van der Waals surface area contributed by atoms with E-state index in [0.717, 1.165) is 0 Å². The highest BCUT2D eigenvalue weighted by atomic mass is 16.6. The van der Waals surface area contributed by atoms with Crippen LogP contribution in [0.2, 0.25) is 0 Å². The molecule has 2 aliphatic heterocycles. The van der Waals surface area contributed by atoms with E-state index in [0.29, 0.717) is 13.2 Å². The lowest BCUT2D eigenvalue weighted by molar-refractivity contribution is -0.150. The standard InChI is InChI=1S/C14H21NO5/c1-14(2,3)20-13(17)15-8-9-6-5-7-19-11(9)10(15)12(16)18-4/h5-6,9-11H,7-8H2,1-4H3/t9-,10?,11+/m0/s1. The number of carbonyl (C=O) groups is 2. The third kappa shape index (κ3) is 2.95. The summed E-state index contributed by atoms with van der Waals surface area (Å²) < 4.78 is 15.8. The highest BCUT2D eigenvalue weighted by molar-refractivity contribution is 5.83. The van der Waals surface area contributed by atoms with Gasteiger partial charge in [0.2, 0.25) is 0 Å². The van der Waals surface area contributed by atoms with E-state index >= 15 is 0 Å². The number of fused-ring (bicyclic) bond motifs is 1. The molecule has 0 radical (unpaired) electrons. The van der Waals surface area contributed by atoms with Gasteiger partial charge in [0.15, 0.2) is 6.04 Å². The normalized spacial score (nSPS) is 29.0. The SMILES string of the molecule is COC(=O)C1[C@@H]2OCC=C[C@H]2CN1C(=O)OC(C)(C)C. The van der Waals surface area contributed by atoms with Crippen LogP contribution in [0.15, 0.2) is 12.2 Å². The van der Waals surface area contributed by atoms with Crippen molar-refractivity contribution in [2.45, 2.75) is 38.5 Å². The summed E-state index contributed by atoms with van der Waals surface area (Å²) in [5, 5.41) is 0. The van der Waals surface area contributed by atoms with E-state index in [9.17, 15) is 9.59 Å². The smallest absolute Gasteiger partial charge is 0.411 e. The van der Waals surface area contributed by atoms with E-state index in [1.165, 1.54) is 12.0 Å². The van der Waals surface area contributed by atoms with Gasteiger partial charge in [0.25, 0.3) is 0 Å². The summed E-state index contributed by atoms with van der Waals surface area (Å²) in [6, 6.07) is -0.746. The number of esters is 1. The minimum atomic E-state index is -0.746. The first-order valence-electron chi connectivity index (χ1n) is 6.69. The van der Waals surface area contributed by atoms with Crippen LogP contribution in [0.1, 0.15) is 20.8 Å². The van der Waals surface area contributed by atoms with Crippen LogP contribution in [0.4, 0.5) is 4.79 Å². The second kappa shape index (κ2) is 5.44. The van der Waals surface area contributed by atoms with Crippen molar-refractivity contribution in [1.82, 2.24) is 4.90 Å². The molecule has 1 fully saturated rings. The Morgan fingerprint density at radius 1 is 1.35 bits per heavy atom. The number of rotatable bonds is 1. The van der Waals surface area contributed by atoms with Gasteiger partial charge < -0.3 is 14.2 Å². The van der Waals surface area contributed by atoms with Gasteiger partial charge in [-0.1, -0.05) is 12.2 Å². The lowest BCUT2D eigenvalue weighted by Crippen LogP contribution is -2.48. The zero-order valence-corrected chi connectivity index (χ0v) is 12.3. The van der Waals surface area contributed by atoms with E-state index in [1.807, 2.05) is 12.2 Å². The van der Waals surface area contributed by atoms with Crippen molar-refractivity contribution >= 4 is 12.1 Å². The maximum absolute atomic E-state index is 12.3. The van der Waals surface area contributed by atoms with Crippen molar-refractivity contribution < 1.29 is 23.8 Å². The Morgan fingerprint density at radius 2 is 2.05 bits per heavy atom. The van der Waals surface area contributed by atoms with E-state index in [4.69, 9.17) is 14.2 Å². The molecule has 1 saturated heterocycles. The Hall–Kier alpha value is -1.56. The number of ether oxygens (including phenoxy) is 3. The molecule has 0 aromatic carbocycles. The van der Waals surface area contributed by atoms with Gasteiger partial charge in [0.1, 0.15) is 5.60 Å². The highest BCUT2D eigenvalue weighted by Gasteiger charge is 2.50. The van der Waals surface area contributed by atoms with Crippen LogP contribution in [0.5, 0.6) is 0 Å². The molecule has 0 aromatic heterocycles. The first-order valence-corrected chi connectivity index (χ1v) is 6.69. The van der Waals surface area contributed by atoms with Gasteiger partial charge in [-0.05, 0) is 20.8 Å². The Labute approximate surface area is 118 Å². The minimum absolute atomic E-state index is 0.000341. The predicted molar refractivity (Wildman–Crippen MR) is 71.1 cm³/mol. The monoisotopic (exact) mass is 283 g/mol. The number of likely N-dealkylation sites (tertiary alicyclic amines) is 1. The number of carbonyl (C=O) groups excluding carboxylic acids is 2. The molecule has 0 spiro atoms. The number of nitrogens with zero attached hydrogens (tertiary/aromatic N) is 1. The fourth-order valence-electron chi connectivity index (χ4n) is 2.53. The summed E-state index contributed by atoms with van der Waals surface area (Å²) in [5.41, 5.74) is -0.609. The number of hydrogen-bond donors (Lipinski definition) is 0. The van der Waals surface area contributed by atoms with E-state index in [2.05, 4.69) is 0 Å². The Morgan fingerprint density at radius 3 is 2.65 bits per heavy atom. The molecule has 112 valence electrons. The molecule has 1 amide bonds. The second-order valence-corrected chi connectivity index (χ2v) is 5.99. The van der Waals surface area contributed by atoms with Crippen LogP contribution in [0.25, 0.3) is 0 Å². The average Bonchev–Trinajstić information content (AvgIpc) is 2.75. The lowest BCUT2D eigenvalue weighted by Gasteiger charge is -2.29. The van der Waals surface area contributed by atoms with Gasteiger partial charge >= 0.3 is 12.1 Å². The minimum Gasteiger partial charge on any atom is -0.467 e. The molecule has 2 heterocycles. The molecule has 20 heavy (non-hydrogen) atoms. The predicted octanol–water partition coefficient (Wildman–Crippen LogP) is 1.35. The molecule has 2 aliphatic rings. The van der Waals surface area contributed by atoms with Crippen molar-refractivity contribution in [3.63, 3.8) is 0 Å². The molecule has 0 saturated carbocycles. The van der Waals surface area contributed by atoms with Crippen molar-refractivity contribution in [2.24, 2.45) is 5.92 Å². The highest BCUT2D eigenvalue weighted by Crippen LogP contribution is 2.32. The third-order valence-electron chi connectivity index (χ3n) is 3.32. The summed E-state index contributed by atoms with van der Waals surface area (Å²) in [4.78, 5) is 25.6. The molecule has 0 bridgehead atoms. The van der Waals surface area contributed by atoms with Crippen LogP contribution in [-0.2, 0) is 19.0 Å². The largest absolute Gasteiger partial charge is 0.467 e. The van der Waals surface area contributed by atoms with Crippen LogP contribution >= 0.6 is 0 Å². The second-order valence-electron chi connectivity index (χ2n) is 5.99. The van der Waals surface area contributed by atoms with Crippen LogP contribution in [0.3, 0.4) is 0 Å². The molecule has 6 heteroatoms. The van der Waals surface area contributed by atoms with Gasteiger partial charge in [-0.15, -0.1) is 0 Å². The Kier molecular flexibility index (Phi) is 4.04. The van der Waals surface area contributed by atoms with Crippen molar-refractivity contribution in [3.8, 4) is 0 Å². The van der Waals surface area contributed by atoms with Crippen molar-refractivity contribution in [3.05, 3.63) is 12.2 Å². The summed E-state index contributed by atoms with van der Waals surface area (Å²) in [6.07, 6.45) is 3.00. The molecule has 0 N–H and O–H groups in total. The summed E-state index contributed by atoms with van der Waals surface area (Å²) in [5.74, 6) is -0.473. The van der Waals surface area contributed by atoms with Gasteiger partial charge in [0.05, 0.1) is 19.8 Å². The Balaban J connectivity index is 2.20. The van der Waals surface area contributed by atoms with Crippen LogP contribution in [0, 0.1) is 5.92 Å². The maximum atomic E-state index is 12.3. The molecule has 6 nitrogen and oxygen atoms in total. The molecular formula is C14H21NO5. The van der Waals surface area contributed by atoms with Gasteiger partial charge in [-0.25, -0.2) is 9.59 Å². The number of hydrogen-bond acceptors (Lipinski definition) is 5. The molecule has 3 atom stereocenters. The van der Waals surface area contributed by atoms with Gasteiger partial charge in [-0.3, -0.25) is 4.90 Å². The first kappa shape index (κ1) is 14.8. The third-order valence-corrected chi connectivity index (χ3v) is 3.32. The fourth-order valence-corrected chi connectivity index (χ4v) is 2.53. The van der Waals surface area contributed by atoms with E-state index in [1.54, 1.807) is 20.8 Å². The summed E-state index contributed by atoms with van der Waals surface area (Å²) in [7, 11) is 1.31. The quantitative estimate of drug-likeness (QED) is 0.537. The van der Waals surface area contributed by atoms with Crippen molar-refractivity contribution in [1.29, 1.82) is 0 Å². The van der Waals surface area contributed by atoms with Crippen molar-refractivity contribution in [2.75, 3.05) is 20.3 Å². The van der Waals surface area contributed by atoms with Gasteiger partial charge in [0, 0.05) is 12.5 Å². The Bertz CT molecular complexity index is 426. The van der Waals surface area contributed by atoms with E-state index < -0.39 is 23.7 Å². The zero-order chi connectivity index (χ0) is 14.9. The lowest BCUT2D eigenvalue weighted by atomic mass is 9.99. The van der Waals surface area contributed by atoms with Crippen LogP contribution < -0.4 is 0 Å². The average molecular weight is 283 g/mol. The first-order chi connectivity index (χ1) is 9.33. The van der Waals surface area contributed by atoms with Gasteiger partial charge in [-0.2, -0.15) is 0 Å².